The largest absolute Gasteiger partial charge is 0.468 e. The zero-order valence-corrected chi connectivity index (χ0v) is 17.4. The minimum absolute atomic E-state index is 0.0760. The molecule has 0 bridgehead atoms. The van der Waals surface area contributed by atoms with Gasteiger partial charge in [-0.2, -0.15) is 8.78 Å². The molecule has 0 aliphatic carbocycles. The van der Waals surface area contributed by atoms with Crippen molar-refractivity contribution >= 4 is 45.2 Å². The average molecular weight is 489 g/mol. The minimum atomic E-state index is -2.98. The molecule has 1 aromatic carbocycles. The Bertz CT molecular complexity index is 828. The number of anilines is 1. The lowest BCUT2D eigenvalue weighted by atomic mass is 9.94. The van der Waals surface area contributed by atoms with Gasteiger partial charge in [0.25, 0.3) is 0 Å². The molecule has 1 aliphatic rings. The maximum atomic E-state index is 14.0. The number of alkyl halides is 3. The Kier molecular flexibility index (Phi) is 6.15. The van der Waals surface area contributed by atoms with Crippen LogP contribution in [0, 0.1) is 5.92 Å². The minimum Gasteiger partial charge on any atom is -0.468 e. The Morgan fingerprint density at radius 2 is 2.19 bits per heavy atom. The van der Waals surface area contributed by atoms with Gasteiger partial charge >= 0.3 is 9.90 Å². The SMILES string of the molecule is COC(=O)CN[C@@H]1C[C@H](C)CN(c2ccc(C(F)(F)I)c3ncccc23)C1. The first-order chi connectivity index (χ1) is 12.8. The topological polar surface area (TPSA) is 54.5 Å². The number of nitrogens with one attached hydrogen (secondary N) is 1. The molecule has 0 unspecified atom stereocenters. The van der Waals surface area contributed by atoms with Gasteiger partial charge in [0.15, 0.2) is 0 Å². The van der Waals surface area contributed by atoms with Gasteiger partial charge in [-0.3, -0.25) is 9.78 Å². The number of hydrogen-bond acceptors (Lipinski definition) is 5. The number of methoxy groups -OCH3 is 1. The molecule has 2 aromatic rings. The first-order valence-corrected chi connectivity index (χ1v) is 9.87. The number of rotatable bonds is 5. The molecule has 0 radical (unpaired) electrons. The van der Waals surface area contributed by atoms with Gasteiger partial charge in [-0.05, 0) is 36.6 Å². The van der Waals surface area contributed by atoms with Gasteiger partial charge in [0.1, 0.15) is 0 Å². The van der Waals surface area contributed by atoms with Gasteiger partial charge in [-0.15, -0.1) is 0 Å². The van der Waals surface area contributed by atoms with Crippen LogP contribution in [0.2, 0.25) is 0 Å². The number of esters is 1. The summed E-state index contributed by atoms with van der Waals surface area (Å²) >= 11 is 1.14. The number of aromatic nitrogens is 1. The van der Waals surface area contributed by atoms with Crippen molar-refractivity contribution in [2.75, 3.05) is 31.6 Å². The average Bonchev–Trinajstić information content (AvgIpc) is 2.63. The number of benzene rings is 1. The van der Waals surface area contributed by atoms with E-state index in [-0.39, 0.29) is 24.1 Å². The number of piperidine rings is 1. The third-order valence-corrected chi connectivity index (χ3v) is 5.40. The van der Waals surface area contributed by atoms with Crippen molar-refractivity contribution in [2.24, 2.45) is 5.92 Å². The predicted molar refractivity (Wildman–Crippen MR) is 109 cm³/mol. The zero-order valence-electron chi connectivity index (χ0n) is 15.2. The standard InChI is InChI=1S/C19H22F2IN3O2/c1-12-8-13(24-9-17(26)27-2)11-25(10-12)16-6-5-15(19(20,21)22)18-14(16)4-3-7-23-18/h3-7,12-13,24H,8-11H2,1-2H3/t12-,13+/m0/s1. The van der Waals surface area contributed by atoms with E-state index in [1.807, 2.05) is 6.07 Å². The molecule has 8 heteroatoms. The molecule has 2 heterocycles. The lowest BCUT2D eigenvalue weighted by Crippen LogP contribution is -2.50. The summed E-state index contributed by atoms with van der Waals surface area (Å²) in [7, 11) is 1.36. The number of pyridine rings is 1. The van der Waals surface area contributed by atoms with Crippen molar-refractivity contribution in [3.8, 4) is 0 Å². The Balaban J connectivity index is 1.91. The number of halogens is 3. The van der Waals surface area contributed by atoms with Gasteiger partial charge in [-0.1, -0.05) is 6.92 Å². The number of fused-ring (bicyclic) bond motifs is 1. The molecule has 0 amide bonds. The van der Waals surface area contributed by atoms with Gasteiger partial charge < -0.3 is 15.0 Å². The van der Waals surface area contributed by atoms with Gasteiger partial charge in [0.2, 0.25) is 0 Å². The lowest BCUT2D eigenvalue weighted by Gasteiger charge is -2.39. The van der Waals surface area contributed by atoms with E-state index in [1.165, 1.54) is 19.4 Å². The van der Waals surface area contributed by atoms with Crippen LogP contribution in [0.1, 0.15) is 18.9 Å². The Morgan fingerprint density at radius 3 is 2.89 bits per heavy atom. The maximum absolute atomic E-state index is 14.0. The third-order valence-electron chi connectivity index (χ3n) is 4.82. The smallest absolute Gasteiger partial charge is 0.323 e. The number of carbonyl (C=O) groups excluding carboxylic acids is 1. The van der Waals surface area contributed by atoms with Crippen LogP contribution in [-0.4, -0.2) is 43.7 Å². The summed E-state index contributed by atoms with van der Waals surface area (Å²) in [6.07, 6.45) is 2.48. The summed E-state index contributed by atoms with van der Waals surface area (Å²) in [6, 6.07) is 6.93. The predicted octanol–water partition coefficient (Wildman–Crippen LogP) is 3.70. The Hall–Kier alpha value is -1.55. The molecular weight excluding hydrogens is 467 g/mol. The van der Waals surface area contributed by atoms with E-state index in [1.54, 1.807) is 12.1 Å². The number of nitrogens with zero attached hydrogens (tertiary/aromatic N) is 2. The van der Waals surface area contributed by atoms with Crippen LogP contribution in [-0.2, 0) is 13.5 Å². The van der Waals surface area contributed by atoms with Crippen LogP contribution >= 0.6 is 22.6 Å². The van der Waals surface area contributed by atoms with E-state index in [0.29, 0.717) is 23.4 Å². The van der Waals surface area contributed by atoms with Gasteiger partial charge in [0, 0.05) is 59.0 Å². The molecule has 1 fully saturated rings. The van der Waals surface area contributed by atoms with Crippen LogP contribution in [0.5, 0.6) is 0 Å². The molecule has 0 saturated carbocycles. The van der Waals surface area contributed by atoms with Crippen molar-refractivity contribution in [3.63, 3.8) is 0 Å². The molecule has 1 N–H and O–H groups in total. The first kappa shape index (κ1) is 20.2. The van der Waals surface area contributed by atoms with Crippen molar-refractivity contribution in [2.45, 2.75) is 23.3 Å². The van der Waals surface area contributed by atoms with E-state index < -0.39 is 3.93 Å². The van der Waals surface area contributed by atoms with E-state index >= 15 is 0 Å². The summed E-state index contributed by atoms with van der Waals surface area (Å²) in [5.74, 6) is 0.0920. The van der Waals surface area contributed by atoms with Crippen LogP contribution in [0.3, 0.4) is 0 Å². The summed E-state index contributed by atoms with van der Waals surface area (Å²) in [5.41, 5.74) is 1.14. The highest BCUT2D eigenvalue weighted by molar-refractivity contribution is 14.1. The molecule has 146 valence electrons. The molecule has 0 spiro atoms. The fourth-order valence-corrected chi connectivity index (χ4v) is 4.09. The van der Waals surface area contributed by atoms with Crippen LogP contribution in [0.25, 0.3) is 10.9 Å². The van der Waals surface area contributed by atoms with Gasteiger partial charge in [0.05, 0.1) is 24.7 Å². The highest BCUT2D eigenvalue weighted by Crippen LogP contribution is 2.41. The first-order valence-electron chi connectivity index (χ1n) is 8.79. The lowest BCUT2D eigenvalue weighted by molar-refractivity contribution is -0.139. The quantitative estimate of drug-likeness (QED) is 0.395. The van der Waals surface area contributed by atoms with Crippen molar-refractivity contribution < 1.29 is 18.3 Å². The Morgan fingerprint density at radius 1 is 1.41 bits per heavy atom. The fourth-order valence-electron chi connectivity index (χ4n) is 3.66. The highest BCUT2D eigenvalue weighted by Gasteiger charge is 2.32. The van der Waals surface area contributed by atoms with Crippen LogP contribution < -0.4 is 10.2 Å². The molecule has 2 atom stereocenters. The zero-order chi connectivity index (χ0) is 19.6. The molecule has 5 nitrogen and oxygen atoms in total. The van der Waals surface area contributed by atoms with Crippen molar-refractivity contribution in [1.82, 2.24) is 10.3 Å². The fraction of sp³-hybridized carbons (Fsp3) is 0.474. The van der Waals surface area contributed by atoms with E-state index in [4.69, 9.17) is 0 Å². The Labute approximate surface area is 170 Å². The van der Waals surface area contributed by atoms with E-state index in [9.17, 15) is 13.6 Å². The van der Waals surface area contributed by atoms with Crippen LogP contribution in [0.4, 0.5) is 14.5 Å². The number of ether oxygens (including phenoxy) is 1. The molecule has 27 heavy (non-hydrogen) atoms. The normalized spacial score (nSPS) is 20.7. The van der Waals surface area contributed by atoms with E-state index in [0.717, 1.165) is 41.2 Å². The second-order valence-corrected chi connectivity index (χ2v) is 8.28. The number of hydrogen-bond donors (Lipinski definition) is 1. The summed E-state index contributed by atoms with van der Waals surface area (Å²) in [5, 5.41) is 3.95. The monoisotopic (exact) mass is 489 g/mol. The molecule has 1 aliphatic heterocycles. The molecular formula is C19H22F2IN3O2. The summed E-state index contributed by atoms with van der Waals surface area (Å²) in [6.45, 7) is 3.81. The maximum Gasteiger partial charge on any atom is 0.323 e. The second-order valence-electron chi connectivity index (χ2n) is 6.93. The van der Waals surface area contributed by atoms with Gasteiger partial charge in [-0.25, -0.2) is 0 Å². The summed E-state index contributed by atoms with van der Waals surface area (Å²) in [4.78, 5) is 17.8. The highest BCUT2D eigenvalue weighted by atomic mass is 127. The number of carbonyl (C=O) groups is 1. The second kappa shape index (κ2) is 8.22. The molecule has 1 aromatic heterocycles. The van der Waals surface area contributed by atoms with Crippen molar-refractivity contribution in [3.05, 3.63) is 36.0 Å². The van der Waals surface area contributed by atoms with Crippen molar-refractivity contribution in [1.29, 1.82) is 0 Å². The summed E-state index contributed by atoms with van der Waals surface area (Å²) < 4.78 is 29.6. The molecule has 1 saturated heterocycles. The molecule has 3 rings (SSSR count). The third kappa shape index (κ3) is 4.66. The van der Waals surface area contributed by atoms with Crippen LogP contribution in [0.15, 0.2) is 30.5 Å². The van der Waals surface area contributed by atoms with E-state index in [2.05, 4.69) is 26.9 Å².